The summed E-state index contributed by atoms with van der Waals surface area (Å²) in [4.78, 5) is 2.56. The van der Waals surface area contributed by atoms with E-state index < -0.39 is 16.3 Å². The molecule has 2 N–H and O–H groups in total. The number of nitrogens with one attached hydrogen (secondary N) is 1. The highest BCUT2D eigenvalue weighted by Gasteiger charge is 2.23. The largest absolute Gasteiger partial charge is 0.384 e. The van der Waals surface area contributed by atoms with Gasteiger partial charge >= 0.3 is 0 Å². The second-order valence-electron chi connectivity index (χ2n) is 7.25. The van der Waals surface area contributed by atoms with E-state index in [1.165, 1.54) is 0 Å². The van der Waals surface area contributed by atoms with Crippen molar-refractivity contribution in [2.45, 2.75) is 36.9 Å². The van der Waals surface area contributed by atoms with Crippen LogP contribution in [0.5, 0.6) is 0 Å². The van der Waals surface area contributed by atoms with Crippen molar-refractivity contribution < 1.29 is 13.5 Å². The zero-order chi connectivity index (χ0) is 19.4. The molecule has 0 spiro atoms. The van der Waals surface area contributed by atoms with Gasteiger partial charge in [0, 0.05) is 31.9 Å². The van der Waals surface area contributed by atoms with E-state index in [1.54, 1.807) is 12.1 Å². The minimum atomic E-state index is -2.55. The highest BCUT2D eigenvalue weighted by atomic mass is 32.2. The van der Waals surface area contributed by atoms with Crippen molar-refractivity contribution in [3.05, 3.63) is 71.4 Å². The van der Waals surface area contributed by atoms with Crippen molar-refractivity contribution in [3.8, 4) is 0 Å². The lowest BCUT2D eigenvalue weighted by Crippen LogP contribution is -2.42. The maximum absolute atomic E-state index is 11.1. The standard InChI is InChI=1S/C21H26N2O3S/c1-16(13-22-15-21(2,24)19-6-4-3-5-7-19)23-11-10-17-12-20(27(25)26)9-8-18(17)14-23/h3-12,16,22,24,27H,13-15H2,1-2H3/t16-,21-/m1/s1. The van der Waals surface area contributed by atoms with Gasteiger partial charge in [-0.2, -0.15) is 0 Å². The molecule has 1 aliphatic rings. The molecule has 3 rings (SSSR count). The van der Waals surface area contributed by atoms with Crippen molar-refractivity contribution in [1.82, 2.24) is 10.2 Å². The summed E-state index contributed by atoms with van der Waals surface area (Å²) in [5.41, 5.74) is 2.04. The Balaban J connectivity index is 1.56. The number of nitrogens with zero attached hydrogens (tertiary/aromatic N) is 1. The fourth-order valence-electron chi connectivity index (χ4n) is 3.26. The van der Waals surface area contributed by atoms with Crippen LogP contribution >= 0.6 is 0 Å². The van der Waals surface area contributed by atoms with Crippen molar-refractivity contribution in [3.63, 3.8) is 0 Å². The maximum Gasteiger partial charge on any atom is 0.168 e. The van der Waals surface area contributed by atoms with Gasteiger partial charge < -0.3 is 15.3 Å². The van der Waals surface area contributed by atoms with Gasteiger partial charge in [0.1, 0.15) is 0 Å². The van der Waals surface area contributed by atoms with Crippen LogP contribution in [0.25, 0.3) is 6.08 Å². The van der Waals surface area contributed by atoms with Crippen LogP contribution in [0.4, 0.5) is 0 Å². The highest BCUT2D eigenvalue weighted by Crippen LogP contribution is 2.23. The quantitative estimate of drug-likeness (QED) is 0.637. The molecule has 2 aromatic carbocycles. The van der Waals surface area contributed by atoms with Crippen molar-refractivity contribution in [1.29, 1.82) is 0 Å². The molecule has 144 valence electrons. The normalized spacial score (nSPS) is 16.8. The van der Waals surface area contributed by atoms with E-state index in [-0.39, 0.29) is 6.04 Å². The van der Waals surface area contributed by atoms with Crippen LogP contribution < -0.4 is 5.32 Å². The van der Waals surface area contributed by atoms with Gasteiger partial charge in [0.2, 0.25) is 0 Å². The van der Waals surface area contributed by atoms with E-state index in [4.69, 9.17) is 0 Å². The molecule has 0 saturated heterocycles. The Morgan fingerprint density at radius 2 is 1.96 bits per heavy atom. The zero-order valence-electron chi connectivity index (χ0n) is 15.6. The summed E-state index contributed by atoms with van der Waals surface area (Å²) in [5, 5.41) is 14.0. The third-order valence-corrected chi connectivity index (χ3v) is 5.71. The van der Waals surface area contributed by atoms with Crippen LogP contribution in [0, 0.1) is 0 Å². The molecule has 0 aliphatic carbocycles. The van der Waals surface area contributed by atoms with E-state index in [1.807, 2.05) is 55.6 Å². The Morgan fingerprint density at radius 1 is 1.22 bits per heavy atom. The van der Waals surface area contributed by atoms with Crippen molar-refractivity contribution in [2.24, 2.45) is 0 Å². The fourth-order valence-corrected chi connectivity index (χ4v) is 3.70. The summed E-state index contributed by atoms with van der Waals surface area (Å²) in [6, 6.07) is 15.1. The van der Waals surface area contributed by atoms with Gasteiger partial charge in [-0.15, -0.1) is 0 Å². The lowest BCUT2D eigenvalue weighted by atomic mass is 9.96. The van der Waals surface area contributed by atoms with Crippen LogP contribution in [0.3, 0.4) is 0 Å². The third kappa shape index (κ3) is 4.77. The monoisotopic (exact) mass is 386 g/mol. The van der Waals surface area contributed by atoms with E-state index in [0.717, 1.165) is 29.8 Å². The SMILES string of the molecule is C[C@H](CNC[C@@](C)(O)c1ccccc1)N1C=Cc2cc([SH](=O)=O)ccc2C1. The zero-order valence-corrected chi connectivity index (χ0v) is 16.5. The lowest BCUT2D eigenvalue weighted by Gasteiger charge is -2.32. The molecule has 2 atom stereocenters. The smallest absolute Gasteiger partial charge is 0.168 e. The summed E-state index contributed by atoms with van der Waals surface area (Å²) in [6.07, 6.45) is 3.96. The second kappa shape index (κ2) is 8.25. The Morgan fingerprint density at radius 3 is 2.67 bits per heavy atom. The van der Waals surface area contributed by atoms with E-state index in [9.17, 15) is 13.5 Å². The molecule has 2 aromatic rings. The number of fused-ring (bicyclic) bond motifs is 1. The molecule has 0 saturated carbocycles. The van der Waals surface area contributed by atoms with Crippen LogP contribution in [-0.4, -0.2) is 37.6 Å². The summed E-state index contributed by atoms with van der Waals surface area (Å²) in [7, 11) is -2.55. The van der Waals surface area contributed by atoms with E-state index in [2.05, 4.69) is 17.1 Å². The average molecular weight is 387 g/mol. The van der Waals surface area contributed by atoms with E-state index >= 15 is 0 Å². The number of rotatable bonds is 7. The van der Waals surface area contributed by atoms with Gasteiger partial charge in [0.05, 0.1) is 10.5 Å². The van der Waals surface area contributed by atoms with Gasteiger partial charge in [-0.25, -0.2) is 8.42 Å². The second-order valence-corrected chi connectivity index (χ2v) is 8.28. The maximum atomic E-state index is 11.1. The topological polar surface area (TPSA) is 69.6 Å². The Labute approximate surface area is 162 Å². The molecule has 0 unspecified atom stereocenters. The van der Waals surface area contributed by atoms with Crippen LogP contribution in [-0.2, 0) is 22.8 Å². The minimum Gasteiger partial charge on any atom is -0.384 e. The molecular weight excluding hydrogens is 360 g/mol. The predicted octanol–water partition coefficient (Wildman–Crippen LogP) is 2.33. The lowest BCUT2D eigenvalue weighted by molar-refractivity contribution is 0.0554. The molecule has 5 nitrogen and oxygen atoms in total. The minimum absolute atomic E-state index is 0.233. The predicted molar refractivity (Wildman–Crippen MR) is 108 cm³/mol. The third-order valence-electron chi connectivity index (χ3n) is 5.01. The number of aliphatic hydroxyl groups is 1. The highest BCUT2D eigenvalue weighted by molar-refractivity contribution is 7.72. The molecule has 0 amide bonds. The van der Waals surface area contributed by atoms with Crippen molar-refractivity contribution in [2.75, 3.05) is 13.1 Å². The van der Waals surface area contributed by atoms with Crippen LogP contribution in [0.2, 0.25) is 0 Å². The Kier molecular flexibility index (Phi) is 5.99. The molecule has 0 aromatic heterocycles. The first-order valence-electron chi connectivity index (χ1n) is 9.07. The molecule has 0 fully saturated rings. The van der Waals surface area contributed by atoms with Gasteiger partial charge in [-0.05, 0) is 48.7 Å². The number of hydrogen-bond donors (Lipinski definition) is 3. The van der Waals surface area contributed by atoms with Crippen molar-refractivity contribution >= 4 is 16.8 Å². The summed E-state index contributed by atoms with van der Waals surface area (Å²) < 4.78 is 22.3. The number of hydrogen-bond acceptors (Lipinski definition) is 5. The molecule has 0 radical (unpaired) electrons. The molecular formula is C21H26N2O3S. The molecule has 6 heteroatoms. The Bertz CT molecular complexity index is 884. The summed E-state index contributed by atoms with van der Waals surface area (Å²) in [5.74, 6) is 0. The van der Waals surface area contributed by atoms with E-state index in [0.29, 0.717) is 11.4 Å². The summed E-state index contributed by atoms with van der Waals surface area (Å²) in [6.45, 7) is 5.88. The summed E-state index contributed by atoms with van der Waals surface area (Å²) >= 11 is 0. The van der Waals surface area contributed by atoms with Gasteiger partial charge in [0.25, 0.3) is 0 Å². The fraction of sp³-hybridized carbons (Fsp3) is 0.333. The average Bonchev–Trinajstić information content (AvgIpc) is 2.67. The molecule has 1 aliphatic heterocycles. The first kappa shape index (κ1) is 19.6. The van der Waals surface area contributed by atoms with Crippen LogP contribution in [0.15, 0.2) is 59.6 Å². The Hall–Kier alpha value is -2.15. The van der Waals surface area contributed by atoms with Crippen LogP contribution in [0.1, 0.15) is 30.5 Å². The first-order valence-corrected chi connectivity index (χ1v) is 10.2. The molecule has 1 heterocycles. The molecule has 0 bridgehead atoms. The van der Waals surface area contributed by atoms with Gasteiger partial charge in [-0.3, -0.25) is 0 Å². The van der Waals surface area contributed by atoms with Gasteiger partial charge in [0.15, 0.2) is 10.7 Å². The van der Waals surface area contributed by atoms with Gasteiger partial charge in [-0.1, -0.05) is 36.4 Å². The number of thiol groups is 1. The first-order chi connectivity index (χ1) is 12.9. The number of benzene rings is 2. The molecule has 27 heavy (non-hydrogen) atoms.